The first-order valence-electron chi connectivity index (χ1n) is 7.11. The van der Waals surface area contributed by atoms with Gasteiger partial charge in [0.25, 0.3) is 5.56 Å². The topological polar surface area (TPSA) is 90.0 Å². The molecule has 6 nitrogen and oxygen atoms in total. The summed E-state index contributed by atoms with van der Waals surface area (Å²) in [7, 11) is 0. The Hall–Kier alpha value is -2.63. The van der Waals surface area contributed by atoms with Crippen molar-refractivity contribution >= 4 is 11.7 Å². The molecular weight excluding hydrogens is 280 g/mol. The van der Waals surface area contributed by atoms with Crippen molar-refractivity contribution in [3.8, 4) is 0 Å². The van der Waals surface area contributed by atoms with E-state index in [1.165, 1.54) is 15.7 Å². The van der Waals surface area contributed by atoms with Crippen LogP contribution < -0.4 is 16.6 Å². The van der Waals surface area contributed by atoms with Crippen LogP contribution in [0.1, 0.15) is 16.8 Å². The smallest absolute Gasteiger partial charge is 0.293 e. The number of nitrogens with one attached hydrogen (secondary N) is 1. The fourth-order valence-corrected chi connectivity index (χ4v) is 2.24. The lowest BCUT2D eigenvalue weighted by Crippen LogP contribution is -2.32. The Morgan fingerprint density at radius 2 is 2.14 bits per heavy atom. The summed E-state index contributed by atoms with van der Waals surface area (Å²) < 4.78 is 1.32. The average Bonchev–Trinajstić information content (AvgIpc) is 2.46. The van der Waals surface area contributed by atoms with Gasteiger partial charge in [0, 0.05) is 18.4 Å². The Morgan fingerprint density at radius 1 is 1.36 bits per heavy atom. The van der Waals surface area contributed by atoms with Gasteiger partial charge in [0.2, 0.25) is 5.91 Å². The molecule has 6 heteroatoms. The maximum atomic E-state index is 12.3. The highest BCUT2D eigenvalue weighted by molar-refractivity contribution is 5.73. The van der Waals surface area contributed by atoms with Crippen molar-refractivity contribution < 1.29 is 4.79 Å². The van der Waals surface area contributed by atoms with E-state index >= 15 is 0 Å². The second-order valence-electron chi connectivity index (χ2n) is 5.27. The molecule has 0 spiro atoms. The number of hydrogen-bond acceptors (Lipinski definition) is 4. The molecule has 0 unspecified atom stereocenters. The lowest BCUT2D eigenvalue weighted by molar-refractivity contribution is -0.118. The van der Waals surface area contributed by atoms with Gasteiger partial charge >= 0.3 is 0 Å². The summed E-state index contributed by atoms with van der Waals surface area (Å²) >= 11 is 0. The number of primary amides is 1. The van der Waals surface area contributed by atoms with Gasteiger partial charge in [-0.1, -0.05) is 29.8 Å². The molecule has 0 fully saturated rings. The second kappa shape index (κ2) is 6.89. The summed E-state index contributed by atoms with van der Waals surface area (Å²) in [5.41, 5.74) is 7.83. The third kappa shape index (κ3) is 3.94. The normalized spacial score (nSPS) is 10.5. The fraction of sp³-hybridized carbons (Fsp3) is 0.312. The summed E-state index contributed by atoms with van der Waals surface area (Å²) in [4.78, 5) is 27.4. The van der Waals surface area contributed by atoms with Crippen molar-refractivity contribution in [1.82, 2.24) is 9.55 Å². The molecule has 0 aliphatic rings. The first-order valence-corrected chi connectivity index (χ1v) is 7.11. The van der Waals surface area contributed by atoms with Crippen molar-refractivity contribution in [3.05, 3.63) is 57.6 Å². The number of carbonyl (C=O) groups excluding carboxylic acids is 1. The Kier molecular flexibility index (Phi) is 4.93. The molecule has 0 saturated heterocycles. The van der Waals surface area contributed by atoms with Crippen LogP contribution in [0.3, 0.4) is 0 Å². The number of hydrogen-bond donors (Lipinski definition) is 2. The molecule has 1 aromatic carbocycles. The van der Waals surface area contributed by atoms with Crippen molar-refractivity contribution in [2.75, 3.05) is 11.9 Å². The molecule has 0 aliphatic carbocycles. The molecule has 116 valence electrons. The minimum atomic E-state index is -0.554. The molecule has 1 amide bonds. The average molecular weight is 300 g/mol. The molecule has 2 aromatic rings. The van der Waals surface area contributed by atoms with Crippen molar-refractivity contribution in [2.45, 2.75) is 26.8 Å². The standard InChI is InChI=1S/C16H20N4O2/c1-11-4-3-5-13(8-11)6-7-18-15-16(22)20(10-14(17)21)12(2)9-19-15/h3-5,8-9H,6-7,10H2,1-2H3,(H2,17,21)(H,18,19). The van der Waals surface area contributed by atoms with E-state index in [0.717, 1.165) is 6.42 Å². The Morgan fingerprint density at radius 3 is 2.82 bits per heavy atom. The quantitative estimate of drug-likeness (QED) is 0.833. The van der Waals surface area contributed by atoms with Gasteiger partial charge in [0.05, 0.1) is 0 Å². The van der Waals surface area contributed by atoms with Crippen LogP contribution >= 0.6 is 0 Å². The molecule has 0 bridgehead atoms. The van der Waals surface area contributed by atoms with Crippen LogP contribution in [0.4, 0.5) is 5.82 Å². The van der Waals surface area contributed by atoms with E-state index in [1.54, 1.807) is 13.1 Å². The van der Waals surface area contributed by atoms with E-state index in [4.69, 9.17) is 5.73 Å². The first-order chi connectivity index (χ1) is 10.5. The summed E-state index contributed by atoms with van der Waals surface area (Å²) in [5, 5.41) is 3.03. The van der Waals surface area contributed by atoms with Crippen LogP contribution in [0.25, 0.3) is 0 Å². The molecule has 3 N–H and O–H groups in total. The van der Waals surface area contributed by atoms with E-state index in [1.807, 2.05) is 25.1 Å². The van der Waals surface area contributed by atoms with Crippen molar-refractivity contribution in [2.24, 2.45) is 5.73 Å². The summed E-state index contributed by atoms with van der Waals surface area (Å²) in [5.74, 6) is -0.318. The molecule has 0 atom stereocenters. The van der Waals surface area contributed by atoms with Crippen LogP contribution in [0.5, 0.6) is 0 Å². The minimum Gasteiger partial charge on any atom is -0.368 e. The third-order valence-electron chi connectivity index (χ3n) is 3.36. The van der Waals surface area contributed by atoms with Gasteiger partial charge in [-0.15, -0.1) is 0 Å². The predicted molar refractivity (Wildman–Crippen MR) is 85.8 cm³/mol. The van der Waals surface area contributed by atoms with Gasteiger partial charge in [-0.05, 0) is 25.8 Å². The summed E-state index contributed by atoms with van der Waals surface area (Å²) in [6.45, 7) is 4.21. The van der Waals surface area contributed by atoms with Crippen molar-refractivity contribution in [3.63, 3.8) is 0 Å². The van der Waals surface area contributed by atoms with Crippen LogP contribution in [0.15, 0.2) is 35.3 Å². The minimum absolute atomic E-state index is 0.139. The zero-order valence-electron chi connectivity index (χ0n) is 12.8. The molecule has 22 heavy (non-hydrogen) atoms. The highest BCUT2D eigenvalue weighted by Gasteiger charge is 2.09. The molecule has 0 aliphatic heterocycles. The van der Waals surface area contributed by atoms with E-state index in [-0.39, 0.29) is 17.9 Å². The van der Waals surface area contributed by atoms with E-state index < -0.39 is 5.91 Å². The Bertz CT molecular complexity index is 737. The lowest BCUT2D eigenvalue weighted by atomic mass is 10.1. The number of nitrogens with zero attached hydrogens (tertiary/aromatic N) is 2. The molecule has 0 radical (unpaired) electrons. The highest BCUT2D eigenvalue weighted by atomic mass is 16.2. The zero-order valence-corrected chi connectivity index (χ0v) is 12.8. The number of aromatic nitrogens is 2. The van der Waals surface area contributed by atoms with Gasteiger partial charge in [-0.2, -0.15) is 0 Å². The summed E-state index contributed by atoms with van der Waals surface area (Å²) in [6.07, 6.45) is 2.34. The van der Waals surface area contributed by atoms with E-state index in [0.29, 0.717) is 12.2 Å². The Balaban J connectivity index is 2.07. The first kappa shape index (κ1) is 15.8. The number of benzene rings is 1. The summed E-state index contributed by atoms with van der Waals surface area (Å²) in [6, 6.07) is 8.20. The predicted octanol–water partition coefficient (Wildman–Crippen LogP) is 1.00. The maximum absolute atomic E-state index is 12.3. The third-order valence-corrected chi connectivity index (χ3v) is 3.36. The second-order valence-corrected chi connectivity index (χ2v) is 5.27. The molecule has 0 saturated carbocycles. The maximum Gasteiger partial charge on any atom is 0.293 e. The monoisotopic (exact) mass is 300 g/mol. The van der Waals surface area contributed by atoms with Crippen LogP contribution in [0.2, 0.25) is 0 Å². The number of anilines is 1. The van der Waals surface area contributed by atoms with Gasteiger partial charge in [0.15, 0.2) is 5.82 Å². The molecular formula is C16H20N4O2. The zero-order chi connectivity index (χ0) is 16.1. The number of rotatable bonds is 6. The number of aryl methyl sites for hydroxylation is 2. The van der Waals surface area contributed by atoms with Gasteiger partial charge in [-0.3, -0.25) is 14.2 Å². The molecule has 1 heterocycles. The SMILES string of the molecule is Cc1cccc(CCNc2ncc(C)n(CC(N)=O)c2=O)c1. The van der Waals surface area contributed by atoms with Gasteiger partial charge in [0.1, 0.15) is 6.54 Å². The highest BCUT2D eigenvalue weighted by Crippen LogP contribution is 2.05. The van der Waals surface area contributed by atoms with E-state index in [9.17, 15) is 9.59 Å². The Labute approximate surface area is 129 Å². The number of amides is 1. The van der Waals surface area contributed by atoms with Crippen LogP contribution in [-0.2, 0) is 17.8 Å². The number of carbonyl (C=O) groups is 1. The molecule has 1 aromatic heterocycles. The lowest BCUT2D eigenvalue weighted by Gasteiger charge is -2.11. The van der Waals surface area contributed by atoms with Crippen LogP contribution in [-0.4, -0.2) is 22.0 Å². The van der Waals surface area contributed by atoms with Crippen molar-refractivity contribution in [1.29, 1.82) is 0 Å². The van der Waals surface area contributed by atoms with E-state index in [2.05, 4.69) is 16.4 Å². The van der Waals surface area contributed by atoms with Gasteiger partial charge in [-0.25, -0.2) is 4.98 Å². The van der Waals surface area contributed by atoms with Gasteiger partial charge < -0.3 is 11.1 Å². The molecule has 2 rings (SSSR count). The largest absolute Gasteiger partial charge is 0.368 e. The fourth-order valence-electron chi connectivity index (χ4n) is 2.24. The van der Waals surface area contributed by atoms with Crippen LogP contribution in [0, 0.1) is 13.8 Å². The number of nitrogens with two attached hydrogens (primary N) is 1.